The van der Waals surface area contributed by atoms with Gasteiger partial charge in [-0.3, -0.25) is 10.1 Å². The van der Waals surface area contributed by atoms with Gasteiger partial charge in [-0.05, 0) is 96.8 Å². The topological polar surface area (TPSA) is 70.6 Å². The van der Waals surface area contributed by atoms with E-state index < -0.39 is 5.91 Å². The molecule has 0 fully saturated rings. The highest BCUT2D eigenvalue weighted by molar-refractivity contribution is 9.11. The SMILES string of the molecule is Cc1cc(Br)cc(Br)c1OCC(=O)NC(=S)Nc1cc(Br)c(O)c(Br)c1. The lowest BCUT2D eigenvalue weighted by atomic mass is 10.2. The summed E-state index contributed by atoms with van der Waals surface area (Å²) in [5.41, 5.74) is 1.48. The summed E-state index contributed by atoms with van der Waals surface area (Å²) < 4.78 is 8.21. The number of ether oxygens (including phenoxy) is 1. The van der Waals surface area contributed by atoms with Crippen molar-refractivity contribution < 1.29 is 14.6 Å². The molecule has 0 unspecified atom stereocenters. The number of aryl methyl sites for hydroxylation is 1. The third kappa shape index (κ3) is 5.91. The fourth-order valence-corrected chi connectivity index (χ4v) is 4.94. The lowest BCUT2D eigenvalue weighted by Crippen LogP contribution is -2.37. The molecule has 2 rings (SSSR count). The van der Waals surface area contributed by atoms with Crippen LogP contribution in [0, 0.1) is 6.92 Å². The molecule has 0 aliphatic rings. The summed E-state index contributed by atoms with van der Waals surface area (Å²) in [6, 6.07) is 7.01. The van der Waals surface area contributed by atoms with E-state index in [0.29, 0.717) is 20.4 Å². The third-order valence-electron chi connectivity index (χ3n) is 3.07. The first-order valence-electron chi connectivity index (χ1n) is 7.04. The number of halogens is 4. The van der Waals surface area contributed by atoms with Gasteiger partial charge in [-0.25, -0.2) is 0 Å². The molecule has 10 heteroatoms. The largest absolute Gasteiger partial charge is 0.506 e. The van der Waals surface area contributed by atoms with E-state index in [1.54, 1.807) is 12.1 Å². The minimum atomic E-state index is -0.395. The van der Waals surface area contributed by atoms with Crippen molar-refractivity contribution in [1.82, 2.24) is 5.32 Å². The second kappa shape index (κ2) is 9.50. The Hall–Kier alpha value is -0.680. The molecular formula is C16H12Br4N2O3S. The summed E-state index contributed by atoms with van der Waals surface area (Å²) in [6.45, 7) is 1.70. The molecule has 0 heterocycles. The van der Waals surface area contributed by atoms with Crippen LogP contribution in [0.5, 0.6) is 11.5 Å². The summed E-state index contributed by atoms with van der Waals surface area (Å²) in [6.07, 6.45) is 0. The number of thiocarbonyl (C=S) groups is 1. The number of benzene rings is 2. The number of phenolic OH excluding ortho intramolecular Hbond substituents is 1. The number of hydrogen-bond donors (Lipinski definition) is 3. The van der Waals surface area contributed by atoms with Crippen LogP contribution in [0.15, 0.2) is 42.2 Å². The normalized spacial score (nSPS) is 10.3. The molecule has 0 saturated heterocycles. The van der Waals surface area contributed by atoms with E-state index in [1.807, 2.05) is 19.1 Å². The van der Waals surface area contributed by atoms with Gasteiger partial charge in [0.15, 0.2) is 11.7 Å². The Balaban J connectivity index is 1.93. The second-order valence-corrected chi connectivity index (χ2v) is 9.00. The summed E-state index contributed by atoms with van der Waals surface area (Å²) in [5, 5.41) is 15.2. The zero-order chi connectivity index (χ0) is 19.4. The number of nitrogens with one attached hydrogen (secondary N) is 2. The molecule has 0 spiro atoms. The molecule has 0 aromatic heterocycles. The molecule has 0 atom stereocenters. The van der Waals surface area contributed by atoms with Gasteiger partial charge in [-0.15, -0.1) is 0 Å². The van der Waals surface area contributed by atoms with Gasteiger partial charge in [0.2, 0.25) is 0 Å². The van der Waals surface area contributed by atoms with Crippen molar-refractivity contribution in [2.45, 2.75) is 6.92 Å². The van der Waals surface area contributed by atoms with E-state index in [9.17, 15) is 9.90 Å². The van der Waals surface area contributed by atoms with Crippen molar-refractivity contribution in [1.29, 1.82) is 0 Å². The third-order valence-corrected chi connectivity index (χ3v) is 5.53. The number of amides is 1. The number of rotatable bonds is 4. The molecule has 0 bridgehead atoms. The molecule has 26 heavy (non-hydrogen) atoms. The zero-order valence-electron chi connectivity index (χ0n) is 13.2. The van der Waals surface area contributed by atoms with Crippen LogP contribution in [0.2, 0.25) is 0 Å². The first kappa shape index (κ1) is 21.6. The minimum Gasteiger partial charge on any atom is -0.506 e. The number of hydrogen-bond acceptors (Lipinski definition) is 4. The second-order valence-electron chi connectivity index (χ2n) is 5.11. The molecule has 0 aliphatic carbocycles. The van der Waals surface area contributed by atoms with Crippen LogP contribution in [0.3, 0.4) is 0 Å². The number of carbonyl (C=O) groups excluding carboxylic acids is 1. The Morgan fingerprint density at radius 1 is 1.12 bits per heavy atom. The maximum Gasteiger partial charge on any atom is 0.264 e. The maximum absolute atomic E-state index is 12.0. The van der Waals surface area contributed by atoms with E-state index in [1.165, 1.54) is 0 Å². The van der Waals surface area contributed by atoms with E-state index in [0.717, 1.165) is 14.5 Å². The van der Waals surface area contributed by atoms with Crippen LogP contribution in [0.25, 0.3) is 0 Å². The number of anilines is 1. The Morgan fingerprint density at radius 2 is 1.73 bits per heavy atom. The fourth-order valence-electron chi connectivity index (χ4n) is 1.97. The standard InChI is InChI=1S/C16H12Br4N2O3S/c1-7-2-8(17)3-12(20)15(7)25-6-13(23)22-16(26)21-9-4-10(18)14(24)11(19)5-9/h2-5,24H,6H2,1H3,(H2,21,22,23,26). The summed E-state index contributed by atoms with van der Waals surface area (Å²) >= 11 is 18.4. The predicted octanol–water partition coefficient (Wildman–Crippen LogP) is 5.64. The van der Waals surface area contributed by atoms with Crippen LogP contribution < -0.4 is 15.4 Å². The summed E-state index contributed by atoms with van der Waals surface area (Å²) in [4.78, 5) is 12.0. The van der Waals surface area contributed by atoms with Gasteiger partial charge in [0.25, 0.3) is 5.91 Å². The Kier molecular flexibility index (Phi) is 7.90. The Bertz CT molecular complexity index is 831. The molecule has 5 nitrogen and oxygen atoms in total. The van der Waals surface area contributed by atoms with Crippen molar-refractivity contribution in [3.8, 4) is 11.5 Å². The van der Waals surface area contributed by atoms with Crippen molar-refractivity contribution in [2.75, 3.05) is 11.9 Å². The van der Waals surface area contributed by atoms with Gasteiger partial charge in [-0.1, -0.05) is 15.9 Å². The number of phenols is 1. The highest BCUT2D eigenvalue weighted by Crippen LogP contribution is 2.35. The van der Waals surface area contributed by atoms with Gasteiger partial charge >= 0.3 is 0 Å². The van der Waals surface area contributed by atoms with E-state index >= 15 is 0 Å². The number of aromatic hydroxyl groups is 1. The fraction of sp³-hybridized carbons (Fsp3) is 0.125. The highest BCUT2D eigenvalue weighted by atomic mass is 79.9. The highest BCUT2D eigenvalue weighted by Gasteiger charge is 2.12. The predicted molar refractivity (Wildman–Crippen MR) is 120 cm³/mol. The lowest BCUT2D eigenvalue weighted by molar-refractivity contribution is -0.121. The Morgan fingerprint density at radius 3 is 2.31 bits per heavy atom. The summed E-state index contributed by atoms with van der Waals surface area (Å²) in [7, 11) is 0. The van der Waals surface area contributed by atoms with Crippen LogP contribution in [0.1, 0.15) is 5.56 Å². The molecule has 2 aromatic carbocycles. The number of carbonyl (C=O) groups is 1. The van der Waals surface area contributed by atoms with Crippen LogP contribution in [-0.2, 0) is 4.79 Å². The molecule has 0 saturated carbocycles. The van der Waals surface area contributed by atoms with Crippen molar-refractivity contribution in [2.24, 2.45) is 0 Å². The molecule has 0 aliphatic heterocycles. The first-order valence-corrected chi connectivity index (χ1v) is 10.6. The van der Waals surface area contributed by atoms with Crippen molar-refractivity contribution in [3.05, 3.63) is 47.7 Å². The maximum atomic E-state index is 12.0. The van der Waals surface area contributed by atoms with Crippen LogP contribution >= 0.6 is 75.9 Å². The van der Waals surface area contributed by atoms with Crippen LogP contribution in [0.4, 0.5) is 5.69 Å². The summed E-state index contributed by atoms with van der Waals surface area (Å²) in [5.74, 6) is 0.275. The quantitative estimate of drug-likeness (QED) is 0.301. The monoisotopic (exact) mass is 628 g/mol. The molecular weight excluding hydrogens is 620 g/mol. The molecule has 138 valence electrons. The lowest BCUT2D eigenvalue weighted by Gasteiger charge is -2.13. The molecule has 3 N–H and O–H groups in total. The molecule has 1 amide bonds. The van der Waals surface area contributed by atoms with E-state index in [4.69, 9.17) is 17.0 Å². The van der Waals surface area contributed by atoms with E-state index in [2.05, 4.69) is 74.4 Å². The molecule has 0 radical (unpaired) electrons. The van der Waals surface area contributed by atoms with Gasteiger partial charge in [-0.2, -0.15) is 0 Å². The first-order chi connectivity index (χ1) is 12.2. The zero-order valence-corrected chi connectivity index (χ0v) is 20.4. The smallest absolute Gasteiger partial charge is 0.264 e. The van der Waals surface area contributed by atoms with Gasteiger partial charge < -0.3 is 15.2 Å². The minimum absolute atomic E-state index is 0.0781. The Labute approximate surface area is 189 Å². The average Bonchev–Trinajstić information content (AvgIpc) is 2.51. The van der Waals surface area contributed by atoms with Crippen molar-refractivity contribution >= 4 is 92.6 Å². The van der Waals surface area contributed by atoms with Gasteiger partial charge in [0.1, 0.15) is 11.5 Å². The van der Waals surface area contributed by atoms with Crippen molar-refractivity contribution in [3.63, 3.8) is 0 Å². The van der Waals surface area contributed by atoms with Gasteiger partial charge in [0, 0.05) is 10.2 Å². The van der Waals surface area contributed by atoms with Gasteiger partial charge in [0.05, 0.1) is 13.4 Å². The average molecular weight is 632 g/mol. The van der Waals surface area contributed by atoms with E-state index in [-0.39, 0.29) is 17.5 Å². The van der Waals surface area contributed by atoms with Crippen LogP contribution in [-0.4, -0.2) is 22.7 Å². The molecule has 2 aromatic rings.